The molecule has 1 amide bonds. The zero-order chi connectivity index (χ0) is 21.1. The van der Waals surface area contributed by atoms with E-state index in [-0.39, 0.29) is 11.7 Å². The van der Waals surface area contributed by atoms with Crippen LogP contribution in [-0.4, -0.2) is 63.5 Å². The zero-order valence-electron chi connectivity index (χ0n) is 17.4. The second-order valence-corrected chi connectivity index (χ2v) is 7.74. The molecule has 1 saturated heterocycles. The number of aryl methyl sites for hydroxylation is 1. The van der Waals surface area contributed by atoms with Gasteiger partial charge in [-0.1, -0.05) is 12.1 Å². The minimum Gasteiger partial charge on any atom is -0.383 e. The minimum atomic E-state index is -0.455. The number of methoxy groups -OCH3 is 1. The van der Waals surface area contributed by atoms with E-state index in [1.165, 1.54) is 6.07 Å². The first-order chi connectivity index (χ1) is 14.6. The molecule has 2 aliphatic heterocycles. The monoisotopic (exact) mass is 410 g/mol. The maximum absolute atomic E-state index is 14.8. The molecule has 1 N–H and O–H groups in total. The van der Waals surface area contributed by atoms with Gasteiger partial charge in [-0.3, -0.25) is 14.7 Å². The molecule has 0 aromatic heterocycles. The number of rotatable bonds is 6. The number of hydrogen-bond acceptors (Lipinski definition) is 5. The van der Waals surface area contributed by atoms with E-state index >= 15 is 0 Å². The lowest BCUT2D eigenvalue weighted by Gasteiger charge is -2.36. The molecule has 2 aliphatic rings. The van der Waals surface area contributed by atoms with Crippen LogP contribution < -0.4 is 10.2 Å². The Balaban J connectivity index is 1.44. The molecular weight excluding hydrogens is 383 g/mol. The molecule has 6 nitrogen and oxygen atoms in total. The SMILES string of the molecule is COCCN1CCN(c2ccc(N=CC3C(=O)Nc4cccc(C)c43)cc2F)CC1. The van der Waals surface area contributed by atoms with Crippen LogP contribution in [0.15, 0.2) is 41.4 Å². The molecule has 0 saturated carbocycles. The molecule has 7 heteroatoms. The molecule has 0 bridgehead atoms. The molecule has 30 heavy (non-hydrogen) atoms. The van der Waals surface area contributed by atoms with Crippen LogP contribution in [0.5, 0.6) is 0 Å². The fourth-order valence-corrected chi connectivity index (χ4v) is 4.11. The summed E-state index contributed by atoms with van der Waals surface area (Å²) in [5, 5.41) is 2.88. The number of nitrogens with zero attached hydrogens (tertiary/aromatic N) is 3. The third-order valence-corrected chi connectivity index (χ3v) is 5.80. The van der Waals surface area contributed by atoms with Crippen LogP contribution in [0.2, 0.25) is 0 Å². The largest absolute Gasteiger partial charge is 0.383 e. The van der Waals surface area contributed by atoms with Crippen LogP contribution >= 0.6 is 0 Å². The van der Waals surface area contributed by atoms with E-state index in [1.807, 2.05) is 25.1 Å². The van der Waals surface area contributed by atoms with Crippen molar-refractivity contribution in [2.24, 2.45) is 4.99 Å². The smallest absolute Gasteiger partial charge is 0.237 e. The van der Waals surface area contributed by atoms with Crippen molar-refractivity contribution < 1.29 is 13.9 Å². The van der Waals surface area contributed by atoms with Crippen molar-refractivity contribution >= 4 is 29.2 Å². The number of ether oxygens (including phenoxy) is 1. The first kappa shape index (κ1) is 20.5. The van der Waals surface area contributed by atoms with E-state index in [9.17, 15) is 9.18 Å². The summed E-state index contributed by atoms with van der Waals surface area (Å²) >= 11 is 0. The van der Waals surface area contributed by atoms with Crippen molar-refractivity contribution in [2.45, 2.75) is 12.8 Å². The summed E-state index contributed by atoms with van der Waals surface area (Å²) in [6, 6.07) is 10.8. The first-order valence-corrected chi connectivity index (χ1v) is 10.3. The Kier molecular flexibility index (Phi) is 6.11. The summed E-state index contributed by atoms with van der Waals surface area (Å²) in [5.74, 6) is -0.849. The lowest BCUT2D eigenvalue weighted by Crippen LogP contribution is -2.47. The summed E-state index contributed by atoms with van der Waals surface area (Å²) < 4.78 is 19.9. The highest BCUT2D eigenvalue weighted by Gasteiger charge is 2.30. The van der Waals surface area contributed by atoms with E-state index in [0.29, 0.717) is 18.0 Å². The summed E-state index contributed by atoms with van der Waals surface area (Å²) in [5.41, 5.74) is 3.90. The number of benzene rings is 2. The fourth-order valence-electron chi connectivity index (χ4n) is 4.11. The van der Waals surface area contributed by atoms with Crippen molar-refractivity contribution in [2.75, 3.05) is 56.7 Å². The topological polar surface area (TPSA) is 57.2 Å². The van der Waals surface area contributed by atoms with Crippen LogP contribution in [0.3, 0.4) is 0 Å². The van der Waals surface area contributed by atoms with Crippen LogP contribution in [0.25, 0.3) is 0 Å². The minimum absolute atomic E-state index is 0.105. The number of carbonyl (C=O) groups excluding carboxylic acids is 1. The van der Waals surface area contributed by atoms with Gasteiger partial charge >= 0.3 is 0 Å². The number of aliphatic imine (C=N–C) groups is 1. The molecule has 4 rings (SSSR count). The van der Waals surface area contributed by atoms with E-state index in [2.05, 4.69) is 20.1 Å². The maximum atomic E-state index is 14.8. The lowest BCUT2D eigenvalue weighted by molar-refractivity contribution is -0.115. The molecule has 0 radical (unpaired) electrons. The Bertz CT molecular complexity index is 954. The number of anilines is 2. The zero-order valence-corrected chi connectivity index (χ0v) is 17.4. The Morgan fingerprint density at radius 3 is 2.77 bits per heavy atom. The van der Waals surface area contributed by atoms with Gasteiger partial charge in [-0.25, -0.2) is 4.39 Å². The van der Waals surface area contributed by atoms with Crippen LogP contribution in [-0.2, 0) is 9.53 Å². The summed E-state index contributed by atoms with van der Waals surface area (Å²) in [7, 11) is 1.70. The number of halogens is 1. The molecule has 158 valence electrons. The van der Waals surface area contributed by atoms with Gasteiger partial charge in [0.25, 0.3) is 0 Å². The molecule has 2 aromatic rings. The van der Waals surface area contributed by atoms with Crippen LogP contribution in [0.1, 0.15) is 17.0 Å². The fraction of sp³-hybridized carbons (Fsp3) is 0.391. The molecule has 2 aromatic carbocycles. The van der Waals surface area contributed by atoms with E-state index in [0.717, 1.165) is 49.5 Å². The van der Waals surface area contributed by atoms with E-state index in [4.69, 9.17) is 4.74 Å². The van der Waals surface area contributed by atoms with Gasteiger partial charge in [-0.05, 0) is 36.2 Å². The maximum Gasteiger partial charge on any atom is 0.237 e. The van der Waals surface area contributed by atoms with Gasteiger partial charge in [-0.2, -0.15) is 0 Å². The van der Waals surface area contributed by atoms with Gasteiger partial charge in [0.05, 0.1) is 18.0 Å². The van der Waals surface area contributed by atoms with Crippen LogP contribution in [0, 0.1) is 12.7 Å². The first-order valence-electron chi connectivity index (χ1n) is 10.3. The molecular formula is C23H27FN4O2. The third kappa shape index (κ3) is 4.22. The van der Waals surface area contributed by atoms with E-state index in [1.54, 1.807) is 25.5 Å². The van der Waals surface area contributed by atoms with Crippen molar-refractivity contribution in [1.82, 2.24) is 4.90 Å². The van der Waals surface area contributed by atoms with E-state index < -0.39 is 5.92 Å². The highest BCUT2D eigenvalue weighted by Crippen LogP contribution is 2.34. The Morgan fingerprint density at radius 1 is 1.23 bits per heavy atom. The quantitative estimate of drug-likeness (QED) is 0.742. The van der Waals surface area contributed by atoms with Gasteiger partial charge in [0, 0.05) is 57.8 Å². The van der Waals surface area contributed by atoms with Gasteiger partial charge in [0.15, 0.2) is 0 Å². The normalized spacial score (nSPS) is 19.4. The Morgan fingerprint density at radius 2 is 2.03 bits per heavy atom. The summed E-state index contributed by atoms with van der Waals surface area (Å²) in [6.07, 6.45) is 1.61. The van der Waals surface area contributed by atoms with Gasteiger partial charge in [0.2, 0.25) is 5.91 Å². The number of nitrogens with one attached hydrogen (secondary N) is 1. The Hall–Kier alpha value is -2.77. The standard InChI is InChI=1S/C23H27FN4O2/c1-16-4-3-5-20-22(16)18(23(29)26-20)15-25-17-6-7-21(19(24)14-17)28-10-8-27(9-11-28)12-13-30-2/h3-7,14-15,18H,8-13H2,1-2H3,(H,26,29). The predicted molar refractivity (Wildman–Crippen MR) is 118 cm³/mol. The summed E-state index contributed by atoms with van der Waals surface area (Å²) in [6.45, 7) is 6.92. The summed E-state index contributed by atoms with van der Waals surface area (Å²) in [4.78, 5) is 21.1. The van der Waals surface area contributed by atoms with Gasteiger partial charge in [-0.15, -0.1) is 0 Å². The van der Waals surface area contributed by atoms with Crippen molar-refractivity contribution in [3.63, 3.8) is 0 Å². The number of fused-ring (bicyclic) bond motifs is 1. The third-order valence-electron chi connectivity index (χ3n) is 5.80. The van der Waals surface area contributed by atoms with Gasteiger partial charge < -0.3 is 15.0 Å². The Labute approximate surface area is 176 Å². The second-order valence-electron chi connectivity index (χ2n) is 7.74. The number of carbonyl (C=O) groups is 1. The molecule has 1 atom stereocenters. The number of piperazine rings is 1. The molecule has 2 heterocycles. The number of amides is 1. The van der Waals surface area contributed by atoms with Crippen molar-refractivity contribution in [1.29, 1.82) is 0 Å². The number of hydrogen-bond donors (Lipinski definition) is 1. The average molecular weight is 410 g/mol. The lowest BCUT2D eigenvalue weighted by atomic mass is 9.97. The van der Waals surface area contributed by atoms with Crippen LogP contribution in [0.4, 0.5) is 21.5 Å². The molecule has 0 spiro atoms. The molecule has 0 aliphatic carbocycles. The second kappa shape index (κ2) is 8.93. The molecule has 1 unspecified atom stereocenters. The van der Waals surface area contributed by atoms with Crippen molar-refractivity contribution in [3.05, 3.63) is 53.3 Å². The highest BCUT2D eigenvalue weighted by atomic mass is 19.1. The highest BCUT2D eigenvalue weighted by molar-refractivity contribution is 6.13. The molecule has 1 fully saturated rings. The predicted octanol–water partition coefficient (Wildman–Crippen LogP) is 3.34. The average Bonchev–Trinajstić information content (AvgIpc) is 3.07. The van der Waals surface area contributed by atoms with Crippen molar-refractivity contribution in [3.8, 4) is 0 Å². The van der Waals surface area contributed by atoms with Gasteiger partial charge in [0.1, 0.15) is 11.7 Å².